The van der Waals surface area contributed by atoms with E-state index in [-0.39, 0.29) is 0 Å². The van der Waals surface area contributed by atoms with E-state index in [1.165, 1.54) is 250 Å². The largest absolute Gasteiger partial charge is 0.889 e. The van der Waals surface area contributed by atoms with Gasteiger partial charge in [-0.25, -0.2) is 0 Å². The number of hydrogen-bond acceptors (Lipinski definition) is 2. The first-order valence-corrected chi connectivity index (χ1v) is 25.1. The highest BCUT2D eigenvalue weighted by Gasteiger charge is 1.98. The van der Waals surface area contributed by atoms with Crippen LogP contribution in [0.25, 0.3) is 0 Å². The molecule has 55 heavy (non-hydrogen) atoms. The molecule has 4 N–H and O–H groups in total. The van der Waals surface area contributed by atoms with Gasteiger partial charge in [0.15, 0.2) is 0 Å². The summed E-state index contributed by atoms with van der Waals surface area (Å²) >= 11 is 0. The fourth-order valence-electron chi connectivity index (χ4n) is 7.22. The lowest BCUT2D eigenvalue weighted by Crippen LogP contribution is -2.84. The van der Waals surface area contributed by atoms with Crippen molar-refractivity contribution in [2.75, 3.05) is 26.2 Å². The van der Waals surface area contributed by atoms with Crippen LogP contribution < -0.4 is 26.1 Å². The van der Waals surface area contributed by atoms with E-state index in [1.54, 1.807) is 12.1 Å². The Morgan fingerprint density at radius 3 is 0.818 bits per heavy atom. The van der Waals surface area contributed by atoms with Crippen molar-refractivity contribution in [2.45, 2.75) is 259 Å². The normalized spacial score (nSPS) is 10.9. The molecule has 0 saturated carbocycles. The lowest BCUT2D eigenvalue weighted by molar-refractivity contribution is -0.655. The first-order valence-electron chi connectivity index (χ1n) is 25.1. The molecule has 1 aromatic rings. The summed E-state index contributed by atoms with van der Waals surface area (Å²) in [6.07, 6.45) is 48.9. The molecule has 0 spiro atoms. The Hall–Kier alpha value is -0.875. The van der Waals surface area contributed by atoms with E-state index < -0.39 is 7.12 Å². The molecule has 1 rings (SSSR count). The molecular formula is C50H101BN2O2. The number of aryl methyl sites for hydroxylation is 1. The first-order chi connectivity index (χ1) is 27.1. The second-order valence-electron chi connectivity index (χ2n) is 16.8. The van der Waals surface area contributed by atoms with Crippen molar-refractivity contribution in [3.8, 4) is 0 Å². The molecule has 0 fully saturated rings. The summed E-state index contributed by atoms with van der Waals surface area (Å²) in [4.78, 5) is 0. The van der Waals surface area contributed by atoms with E-state index in [0.29, 0.717) is 5.46 Å². The Bertz CT molecular complexity index is 733. The third-order valence-electron chi connectivity index (χ3n) is 11.1. The summed E-state index contributed by atoms with van der Waals surface area (Å²) in [5.41, 5.74) is 1.58. The number of benzene rings is 1. The van der Waals surface area contributed by atoms with Gasteiger partial charge in [-0.2, -0.15) is 0 Å². The van der Waals surface area contributed by atoms with Gasteiger partial charge in [0, 0.05) is 0 Å². The van der Waals surface area contributed by atoms with Gasteiger partial charge in [-0.1, -0.05) is 227 Å². The van der Waals surface area contributed by atoms with E-state index in [4.69, 9.17) is 0 Å². The fourth-order valence-corrected chi connectivity index (χ4v) is 7.22. The van der Waals surface area contributed by atoms with Gasteiger partial charge < -0.3 is 20.7 Å². The average Bonchev–Trinajstić information content (AvgIpc) is 3.20. The minimum atomic E-state index is -1.85. The zero-order chi connectivity index (χ0) is 40.6. The highest BCUT2D eigenvalue weighted by molar-refractivity contribution is 6.55. The van der Waals surface area contributed by atoms with Gasteiger partial charge in [-0.15, -0.1) is 5.46 Å². The van der Waals surface area contributed by atoms with Crippen LogP contribution in [-0.2, 0) is 6.42 Å². The Balaban J connectivity index is 0. The van der Waals surface area contributed by atoms with Crippen molar-refractivity contribution < 1.29 is 20.7 Å². The summed E-state index contributed by atoms with van der Waals surface area (Å²) in [5.74, 6) is 0. The first kappa shape index (κ1) is 56.2. The molecule has 326 valence electrons. The maximum atomic E-state index is 10.7. The molecular weight excluding hydrogens is 671 g/mol. The SMILES string of the molecule is CCCCCCCCCCCCc1ccc(B([O-])[O-])cc1.CCCCCCCC[NH2+]CCCCCCCC.CCCCCCCC[NH2+]CCCCCCCC. The number of unbranched alkanes of at least 4 members (excludes halogenated alkanes) is 29. The highest BCUT2D eigenvalue weighted by atomic mass is 16.4. The molecule has 0 unspecified atom stereocenters. The molecule has 0 saturated heterocycles. The van der Waals surface area contributed by atoms with E-state index in [0.717, 1.165) is 6.42 Å². The van der Waals surface area contributed by atoms with Gasteiger partial charge in [-0.05, 0) is 69.8 Å². The molecule has 5 heteroatoms. The predicted molar refractivity (Wildman–Crippen MR) is 244 cm³/mol. The quantitative estimate of drug-likeness (QED) is 0.0515. The second-order valence-corrected chi connectivity index (χ2v) is 16.8. The molecule has 0 aliphatic carbocycles. The molecule has 1 aromatic carbocycles. The minimum absolute atomic E-state index is 0.349. The highest BCUT2D eigenvalue weighted by Crippen LogP contribution is 2.12. The van der Waals surface area contributed by atoms with Crippen molar-refractivity contribution in [1.29, 1.82) is 0 Å². The van der Waals surface area contributed by atoms with Crippen LogP contribution in [0.5, 0.6) is 0 Å². The van der Waals surface area contributed by atoms with Gasteiger partial charge in [-0.3, -0.25) is 0 Å². The van der Waals surface area contributed by atoms with Crippen molar-refractivity contribution in [3.63, 3.8) is 0 Å². The predicted octanol–water partition coefficient (Wildman–Crippen LogP) is 11.1. The number of hydrogen-bond donors (Lipinski definition) is 2. The van der Waals surface area contributed by atoms with Crippen LogP contribution in [0, 0.1) is 0 Å². The van der Waals surface area contributed by atoms with E-state index >= 15 is 0 Å². The monoisotopic (exact) mass is 773 g/mol. The summed E-state index contributed by atoms with van der Waals surface area (Å²) in [6, 6.07) is 7.20. The third-order valence-corrected chi connectivity index (χ3v) is 11.1. The average molecular weight is 773 g/mol. The van der Waals surface area contributed by atoms with Crippen LogP contribution in [0.4, 0.5) is 0 Å². The number of rotatable bonds is 40. The summed E-state index contributed by atoms with van der Waals surface area (Å²) in [5, 5.41) is 26.5. The Morgan fingerprint density at radius 1 is 0.327 bits per heavy atom. The van der Waals surface area contributed by atoms with Gasteiger partial charge in [0.25, 0.3) is 0 Å². The van der Waals surface area contributed by atoms with Gasteiger partial charge in [0.1, 0.15) is 0 Å². The van der Waals surface area contributed by atoms with E-state index in [1.807, 2.05) is 12.1 Å². The molecule has 0 bridgehead atoms. The van der Waals surface area contributed by atoms with Crippen LogP contribution in [0.15, 0.2) is 24.3 Å². The van der Waals surface area contributed by atoms with Crippen LogP contribution in [0.1, 0.15) is 258 Å². The van der Waals surface area contributed by atoms with Crippen molar-refractivity contribution in [2.24, 2.45) is 0 Å². The van der Waals surface area contributed by atoms with Crippen LogP contribution in [0.3, 0.4) is 0 Å². The molecule has 0 atom stereocenters. The molecule has 0 heterocycles. The topological polar surface area (TPSA) is 79.3 Å². The molecule has 0 aliphatic rings. The van der Waals surface area contributed by atoms with E-state index in [2.05, 4.69) is 45.3 Å². The second kappa shape index (κ2) is 51.1. The van der Waals surface area contributed by atoms with Crippen molar-refractivity contribution in [3.05, 3.63) is 29.8 Å². The van der Waals surface area contributed by atoms with Crippen molar-refractivity contribution >= 4 is 12.6 Å². The van der Waals surface area contributed by atoms with Crippen LogP contribution in [-0.4, -0.2) is 33.3 Å². The van der Waals surface area contributed by atoms with Gasteiger partial charge in [0.05, 0.1) is 26.2 Å². The Labute approximate surface area is 347 Å². The lowest BCUT2D eigenvalue weighted by atomic mass is 9.80. The number of nitrogens with two attached hydrogens (primary N) is 2. The van der Waals surface area contributed by atoms with Gasteiger partial charge >= 0.3 is 0 Å². The zero-order valence-corrected chi connectivity index (χ0v) is 38.4. The smallest absolute Gasteiger partial charge is 0.0755 e. The third kappa shape index (κ3) is 49.2. The lowest BCUT2D eigenvalue weighted by Gasteiger charge is -2.26. The maximum absolute atomic E-state index is 10.7. The Kier molecular flexibility index (Phi) is 52.3. The van der Waals surface area contributed by atoms with Crippen LogP contribution in [0.2, 0.25) is 0 Å². The van der Waals surface area contributed by atoms with Gasteiger partial charge in [0.2, 0.25) is 0 Å². The van der Waals surface area contributed by atoms with E-state index in [9.17, 15) is 10.0 Å². The summed E-state index contributed by atoms with van der Waals surface area (Å²) in [6.45, 7) is 16.8. The summed E-state index contributed by atoms with van der Waals surface area (Å²) < 4.78 is 0. The van der Waals surface area contributed by atoms with Crippen LogP contribution >= 0.6 is 0 Å². The molecule has 0 aromatic heterocycles. The standard InChI is InChI=1S/C18H29BO2.2C16H35N/c1-2-3-4-5-6-7-8-9-10-11-12-17-13-15-18(16-14-17)19(20)21;2*1-3-5-7-9-11-13-15-17-16-14-12-10-8-6-4-2/h13-16H,2-12H2,1H3;2*17H,3-16H2,1-2H3/q-2;;/p+2. The molecule has 4 nitrogen and oxygen atoms in total. The summed E-state index contributed by atoms with van der Waals surface area (Å²) in [7, 11) is -1.85. The molecule has 0 amide bonds. The fraction of sp³-hybridized carbons (Fsp3) is 0.880. The minimum Gasteiger partial charge on any atom is -0.889 e. The van der Waals surface area contributed by atoms with Crippen molar-refractivity contribution in [1.82, 2.24) is 0 Å². The Morgan fingerprint density at radius 2 is 0.564 bits per heavy atom. The molecule has 0 aliphatic heterocycles. The maximum Gasteiger partial charge on any atom is 0.0755 e. The molecule has 0 radical (unpaired) electrons. The number of quaternary nitrogens is 2. The zero-order valence-electron chi connectivity index (χ0n) is 38.4.